The molecule has 0 atom stereocenters. The number of nitriles is 1. The SMILES string of the molecule is CC(C(=O)Nc1cc(C#N)cc(F)c1C)=C1CNC1. The average Bonchev–Trinajstić information content (AvgIpc) is 2.32. The minimum atomic E-state index is -0.495. The van der Waals surface area contributed by atoms with Crippen molar-refractivity contribution in [1.82, 2.24) is 5.32 Å². The summed E-state index contributed by atoms with van der Waals surface area (Å²) in [6.45, 7) is 4.74. The van der Waals surface area contributed by atoms with E-state index in [1.807, 2.05) is 6.07 Å². The van der Waals surface area contributed by atoms with Crippen molar-refractivity contribution >= 4 is 11.6 Å². The quantitative estimate of drug-likeness (QED) is 0.797. The van der Waals surface area contributed by atoms with E-state index in [-0.39, 0.29) is 11.5 Å². The molecule has 2 rings (SSSR count). The summed E-state index contributed by atoms with van der Waals surface area (Å²) in [5.74, 6) is -0.751. The lowest BCUT2D eigenvalue weighted by molar-refractivity contribution is -0.112. The minimum Gasteiger partial charge on any atom is -0.322 e. The molecule has 0 spiro atoms. The predicted molar refractivity (Wildman–Crippen MR) is 70.1 cm³/mol. The van der Waals surface area contributed by atoms with Gasteiger partial charge in [0, 0.05) is 29.9 Å². The number of nitrogens with one attached hydrogen (secondary N) is 2. The van der Waals surface area contributed by atoms with Gasteiger partial charge in [0.05, 0.1) is 11.6 Å². The molecular formula is C14H14FN3O. The van der Waals surface area contributed by atoms with E-state index in [2.05, 4.69) is 10.6 Å². The number of nitrogens with zero attached hydrogens (tertiary/aromatic N) is 1. The largest absolute Gasteiger partial charge is 0.322 e. The van der Waals surface area contributed by atoms with E-state index >= 15 is 0 Å². The van der Waals surface area contributed by atoms with Crippen LogP contribution in [0.15, 0.2) is 23.3 Å². The van der Waals surface area contributed by atoms with Gasteiger partial charge in [-0.1, -0.05) is 0 Å². The molecule has 0 saturated carbocycles. The number of anilines is 1. The molecule has 2 N–H and O–H groups in total. The molecule has 1 fully saturated rings. The monoisotopic (exact) mass is 259 g/mol. The van der Waals surface area contributed by atoms with Crippen molar-refractivity contribution in [2.45, 2.75) is 13.8 Å². The zero-order chi connectivity index (χ0) is 14.0. The lowest BCUT2D eigenvalue weighted by atomic mass is 10.0. The van der Waals surface area contributed by atoms with Gasteiger partial charge in [0.2, 0.25) is 0 Å². The average molecular weight is 259 g/mol. The first-order valence-corrected chi connectivity index (χ1v) is 5.94. The molecule has 1 aromatic rings. The molecule has 1 heterocycles. The van der Waals surface area contributed by atoms with E-state index < -0.39 is 5.82 Å². The fraction of sp³-hybridized carbons (Fsp3) is 0.286. The highest BCUT2D eigenvalue weighted by molar-refractivity contribution is 6.04. The summed E-state index contributed by atoms with van der Waals surface area (Å²) >= 11 is 0. The molecule has 0 radical (unpaired) electrons. The van der Waals surface area contributed by atoms with E-state index in [0.717, 1.165) is 11.6 Å². The van der Waals surface area contributed by atoms with E-state index in [0.29, 0.717) is 29.9 Å². The van der Waals surface area contributed by atoms with E-state index in [4.69, 9.17) is 5.26 Å². The van der Waals surface area contributed by atoms with Gasteiger partial charge < -0.3 is 10.6 Å². The number of amides is 1. The number of rotatable bonds is 2. The first-order valence-electron chi connectivity index (χ1n) is 5.94. The highest BCUT2D eigenvalue weighted by Crippen LogP contribution is 2.21. The minimum absolute atomic E-state index is 0.189. The second-order valence-corrected chi connectivity index (χ2v) is 4.53. The standard InChI is InChI=1S/C14H14FN3O/c1-8(11-6-17-7-11)14(19)18-13-4-10(5-16)3-12(15)9(13)2/h3-4,17H,6-7H2,1-2H3,(H,18,19). The maximum absolute atomic E-state index is 13.6. The van der Waals surface area contributed by atoms with Crippen LogP contribution < -0.4 is 10.6 Å². The lowest BCUT2D eigenvalue weighted by Gasteiger charge is -2.21. The summed E-state index contributed by atoms with van der Waals surface area (Å²) in [6, 6.07) is 4.51. The van der Waals surface area contributed by atoms with Gasteiger partial charge in [0.1, 0.15) is 5.82 Å². The molecule has 0 unspecified atom stereocenters. The van der Waals surface area contributed by atoms with Gasteiger partial charge in [0.15, 0.2) is 0 Å². The van der Waals surface area contributed by atoms with Crippen molar-refractivity contribution in [2.75, 3.05) is 18.4 Å². The number of hydrogen-bond acceptors (Lipinski definition) is 3. The molecule has 4 nitrogen and oxygen atoms in total. The van der Waals surface area contributed by atoms with Crippen molar-refractivity contribution < 1.29 is 9.18 Å². The van der Waals surface area contributed by atoms with Crippen molar-refractivity contribution in [3.63, 3.8) is 0 Å². The third-order valence-corrected chi connectivity index (χ3v) is 3.27. The zero-order valence-electron chi connectivity index (χ0n) is 10.8. The maximum atomic E-state index is 13.6. The van der Waals surface area contributed by atoms with Crippen LogP contribution in [-0.4, -0.2) is 19.0 Å². The predicted octanol–water partition coefficient (Wildman–Crippen LogP) is 1.86. The van der Waals surface area contributed by atoms with Gasteiger partial charge in [-0.05, 0) is 31.6 Å². The van der Waals surface area contributed by atoms with E-state index in [9.17, 15) is 9.18 Å². The number of benzene rings is 1. The second kappa shape index (κ2) is 5.21. The highest BCUT2D eigenvalue weighted by atomic mass is 19.1. The molecule has 1 aliphatic heterocycles. The maximum Gasteiger partial charge on any atom is 0.251 e. The van der Waals surface area contributed by atoms with Crippen LogP contribution in [0.3, 0.4) is 0 Å². The number of halogens is 1. The first kappa shape index (κ1) is 13.2. The molecule has 5 heteroatoms. The van der Waals surface area contributed by atoms with Crippen molar-refractivity contribution in [1.29, 1.82) is 5.26 Å². The summed E-state index contributed by atoms with van der Waals surface area (Å²) in [6.07, 6.45) is 0. The van der Waals surface area contributed by atoms with Crippen LogP contribution in [0, 0.1) is 24.1 Å². The topological polar surface area (TPSA) is 64.9 Å². The van der Waals surface area contributed by atoms with Gasteiger partial charge in [-0.25, -0.2) is 4.39 Å². The molecule has 1 amide bonds. The Morgan fingerprint density at radius 1 is 1.47 bits per heavy atom. The van der Waals surface area contributed by atoms with E-state index in [1.54, 1.807) is 13.8 Å². The normalized spacial score (nSPS) is 13.5. The number of hydrogen-bond donors (Lipinski definition) is 2. The van der Waals surface area contributed by atoms with Crippen LogP contribution in [0.5, 0.6) is 0 Å². The van der Waals surface area contributed by atoms with E-state index in [1.165, 1.54) is 6.07 Å². The van der Waals surface area contributed by atoms with Crippen LogP contribution in [0.2, 0.25) is 0 Å². The van der Waals surface area contributed by atoms with Crippen LogP contribution in [-0.2, 0) is 4.79 Å². The molecule has 1 aromatic carbocycles. The Hall–Kier alpha value is -2.19. The van der Waals surface area contributed by atoms with Crippen molar-refractivity contribution in [3.8, 4) is 6.07 Å². The van der Waals surface area contributed by atoms with Crippen molar-refractivity contribution in [2.24, 2.45) is 0 Å². The number of carbonyl (C=O) groups is 1. The van der Waals surface area contributed by atoms with Crippen LogP contribution >= 0.6 is 0 Å². The second-order valence-electron chi connectivity index (χ2n) is 4.53. The first-order chi connectivity index (χ1) is 9.02. The Bertz CT molecular complexity index is 608. The van der Waals surface area contributed by atoms with Gasteiger partial charge >= 0.3 is 0 Å². The van der Waals surface area contributed by atoms with Crippen molar-refractivity contribution in [3.05, 3.63) is 40.2 Å². The molecule has 1 saturated heterocycles. The molecule has 19 heavy (non-hydrogen) atoms. The lowest BCUT2D eigenvalue weighted by Crippen LogP contribution is -2.36. The Labute approximate surface area is 110 Å². The summed E-state index contributed by atoms with van der Waals surface area (Å²) in [7, 11) is 0. The highest BCUT2D eigenvalue weighted by Gasteiger charge is 2.17. The van der Waals surface area contributed by atoms with Gasteiger partial charge in [-0.3, -0.25) is 4.79 Å². The van der Waals surface area contributed by atoms with Gasteiger partial charge in [-0.2, -0.15) is 5.26 Å². The Balaban J connectivity index is 2.26. The van der Waals surface area contributed by atoms with Gasteiger partial charge in [-0.15, -0.1) is 0 Å². The summed E-state index contributed by atoms with van der Waals surface area (Å²) in [5.41, 5.74) is 2.55. The third kappa shape index (κ3) is 2.64. The Morgan fingerprint density at radius 3 is 2.68 bits per heavy atom. The molecular weight excluding hydrogens is 245 g/mol. The summed E-state index contributed by atoms with van der Waals surface area (Å²) in [5, 5.41) is 14.5. The Kier molecular flexibility index (Phi) is 3.63. The Morgan fingerprint density at radius 2 is 2.16 bits per heavy atom. The zero-order valence-corrected chi connectivity index (χ0v) is 10.8. The fourth-order valence-corrected chi connectivity index (χ4v) is 1.77. The summed E-state index contributed by atoms with van der Waals surface area (Å²) < 4.78 is 13.6. The molecule has 0 aliphatic carbocycles. The molecule has 0 bridgehead atoms. The summed E-state index contributed by atoms with van der Waals surface area (Å²) in [4.78, 5) is 12.0. The molecule has 0 aromatic heterocycles. The fourth-order valence-electron chi connectivity index (χ4n) is 1.77. The van der Waals surface area contributed by atoms with Crippen LogP contribution in [0.4, 0.5) is 10.1 Å². The molecule has 1 aliphatic rings. The van der Waals surface area contributed by atoms with Crippen LogP contribution in [0.25, 0.3) is 0 Å². The van der Waals surface area contributed by atoms with Gasteiger partial charge in [0.25, 0.3) is 5.91 Å². The smallest absolute Gasteiger partial charge is 0.251 e. The van der Waals surface area contributed by atoms with Crippen LogP contribution in [0.1, 0.15) is 18.1 Å². The number of carbonyl (C=O) groups excluding carboxylic acids is 1. The molecule has 98 valence electrons. The third-order valence-electron chi connectivity index (χ3n) is 3.27.